The minimum Gasteiger partial charge on any atom is -0.493 e. The lowest BCUT2D eigenvalue weighted by Crippen LogP contribution is -2.17. The van der Waals surface area contributed by atoms with Crippen molar-refractivity contribution in [2.24, 2.45) is 11.7 Å². The van der Waals surface area contributed by atoms with E-state index in [4.69, 9.17) is 19.3 Å². The topological polar surface area (TPSA) is 113 Å². The van der Waals surface area contributed by atoms with E-state index in [9.17, 15) is 22.8 Å². The highest BCUT2D eigenvalue weighted by molar-refractivity contribution is 6.07. The van der Waals surface area contributed by atoms with Crippen molar-refractivity contribution in [3.05, 3.63) is 71.3 Å². The number of carbonyl (C=O) groups excluding carboxylic acids is 2. The monoisotopic (exact) mass is 546 g/mol. The molecule has 1 saturated carbocycles. The summed E-state index contributed by atoms with van der Waals surface area (Å²) in [6.07, 6.45) is -1.15. The van der Waals surface area contributed by atoms with Gasteiger partial charge in [-0.3, -0.25) is 14.6 Å². The van der Waals surface area contributed by atoms with Gasteiger partial charge in [-0.05, 0) is 49.2 Å². The molecule has 8 nitrogen and oxygen atoms in total. The van der Waals surface area contributed by atoms with Gasteiger partial charge >= 0.3 is 6.36 Å². The van der Waals surface area contributed by atoms with Gasteiger partial charge in [0.1, 0.15) is 28.6 Å². The van der Waals surface area contributed by atoms with Crippen LogP contribution in [0.2, 0.25) is 0 Å². The first-order valence-electron chi connectivity index (χ1n) is 12.9. The summed E-state index contributed by atoms with van der Waals surface area (Å²) in [5.74, 6) is 0.425. The summed E-state index contributed by atoms with van der Waals surface area (Å²) in [6.45, 7) is 0. The van der Waals surface area contributed by atoms with Crippen LogP contribution in [0.4, 0.5) is 23.2 Å². The molecule has 3 N–H and O–H groups in total. The molecule has 0 aliphatic heterocycles. The minimum atomic E-state index is -5.09. The average Bonchev–Trinajstić information content (AvgIpc) is 2.82. The number of halogens is 4. The Balaban J connectivity index is 1.76. The molecule has 1 heterocycles. The van der Waals surface area contributed by atoms with Crippen LogP contribution < -0.4 is 25.3 Å². The Morgan fingerprint density at radius 1 is 1.13 bits per heavy atom. The second kappa shape index (κ2) is 11.3. The van der Waals surface area contributed by atoms with Gasteiger partial charge in [-0.15, -0.1) is 13.2 Å². The minimum absolute atomic E-state index is 0.0306. The average molecular weight is 546 g/mol. The summed E-state index contributed by atoms with van der Waals surface area (Å²) < 4.78 is 90.2. The maximum Gasteiger partial charge on any atom is 0.573 e. The van der Waals surface area contributed by atoms with Gasteiger partial charge < -0.3 is 25.3 Å². The van der Waals surface area contributed by atoms with Crippen molar-refractivity contribution in [2.45, 2.75) is 25.6 Å². The molecule has 0 saturated heterocycles. The standard InChI is InChI=1S/C27H21F4N3O5/c1-37-22-14-18(39-27(29,30)31)7-8-21(22)38-23-12-16(6-5-15-3-2-4-15)11-19(28)24(23)26(36)34-17-9-10-33-20(13-17)25(32)35/h7-15H,2-4H2,1H3,(H2,32,35)(H,33,34,36)/i1D3. The molecule has 0 spiro atoms. The molecule has 3 aromatic rings. The zero-order valence-electron chi connectivity index (χ0n) is 22.9. The zero-order chi connectivity index (χ0) is 30.7. The van der Waals surface area contributed by atoms with Crippen molar-refractivity contribution < 1.29 is 45.5 Å². The first kappa shape index (κ1) is 23.3. The third-order valence-electron chi connectivity index (χ3n) is 5.56. The van der Waals surface area contributed by atoms with Crippen LogP contribution in [0, 0.1) is 23.6 Å². The fraction of sp³-hybridized carbons (Fsp3) is 0.222. The number of benzene rings is 2. The van der Waals surface area contributed by atoms with Crippen LogP contribution >= 0.6 is 0 Å². The van der Waals surface area contributed by atoms with Gasteiger partial charge in [-0.2, -0.15) is 0 Å². The van der Waals surface area contributed by atoms with E-state index in [2.05, 4.69) is 26.9 Å². The van der Waals surface area contributed by atoms with Crippen molar-refractivity contribution in [1.82, 2.24) is 4.98 Å². The number of nitrogens with two attached hydrogens (primary N) is 1. The fourth-order valence-electron chi connectivity index (χ4n) is 3.50. The van der Waals surface area contributed by atoms with E-state index in [-0.39, 0.29) is 22.9 Å². The Labute approximate surface area is 224 Å². The third kappa shape index (κ3) is 6.95. The van der Waals surface area contributed by atoms with Crippen molar-refractivity contribution in [3.8, 4) is 34.8 Å². The number of aromatic nitrogens is 1. The lowest BCUT2D eigenvalue weighted by Gasteiger charge is -2.19. The first-order chi connectivity index (χ1) is 19.7. The number of pyridine rings is 1. The second-order valence-corrected chi connectivity index (χ2v) is 8.34. The molecular weight excluding hydrogens is 522 g/mol. The first-order valence-corrected chi connectivity index (χ1v) is 11.4. The van der Waals surface area contributed by atoms with Gasteiger partial charge in [0.15, 0.2) is 11.5 Å². The third-order valence-corrected chi connectivity index (χ3v) is 5.56. The van der Waals surface area contributed by atoms with Gasteiger partial charge in [0.05, 0.1) is 11.2 Å². The Morgan fingerprint density at radius 3 is 2.59 bits per heavy atom. The predicted octanol–water partition coefficient (Wildman–Crippen LogP) is 5.42. The van der Waals surface area contributed by atoms with Crippen molar-refractivity contribution in [1.29, 1.82) is 0 Å². The summed E-state index contributed by atoms with van der Waals surface area (Å²) in [5, 5.41) is 2.39. The number of nitrogens with one attached hydrogen (secondary N) is 1. The molecule has 0 radical (unpaired) electrons. The van der Waals surface area contributed by atoms with E-state index in [0.717, 1.165) is 43.5 Å². The number of anilines is 1. The van der Waals surface area contributed by atoms with Crippen LogP contribution in [0.3, 0.4) is 0 Å². The van der Waals surface area contributed by atoms with Gasteiger partial charge in [0.2, 0.25) is 0 Å². The number of hydrogen-bond donors (Lipinski definition) is 2. The number of rotatable bonds is 7. The van der Waals surface area contributed by atoms with E-state index in [1.54, 1.807) is 0 Å². The Morgan fingerprint density at radius 2 is 1.92 bits per heavy atom. The van der Waals surface area contributed by atoms with Crippen LogP contribution in [0.25, 0.3) is 0 Å². The molecule has 202 valence electrons. The number of carbonyl (C=O) groups is 2. The molecule has 0 atom stereocenters. The molecule has 1 fully saturated rings. The van der Waals surface area contributed by atoms with E-state index in [1.165, 1.54) is 18.3 Å². The molecule has 12 heteroatoms. The van der Waals surface area contributed by atoms with Crippen molar-refractivity contribution >= 4 is 17.5 Å². The molecule has 4 rings (SSSR count). The Bertz CT molecular complexity index is 1580. The predicted molar refractivity (Wildman–Crippen MR) is 131 cm³/mol. The zero-order valence-corrected chi connectivity index (χ0v) is 19.9. The maximum absolute atomic E-state index is 15.5. The lowest BCUT2D eigenvalue weighted by molar-refractivity contribution is -0.274. The van der Waals surface area contributed by atoms with E-state index in [0.29, 0.717) is 6.07 Å². The number of hydrogen-bond acceptors (Lipinski definition) is 6. The number of alkyl halides is 3. The highest BCUT2D eigenvalue weighted by atomic mass is 19.4. The van der Waals surface area contributed by atoms with Crippen molar-refractivity contribution in [3.63, 3.8) is 0 Å². The molecule has 0 unspecified atom stereocenters. The van der Waals surface area contributed by atoms with Crippen LogP contribution in [0.15, 0.2) is 48.7 Å². The molecule has 1 aliphatic rings. The van der Waals surface area contributed by atoms with Crippen LogP contribution in [0.1, 0.15) is 49.8 Å². The van der Waals surface area contributed by atoms with E-state index >= 15 is 4.39 Å². The summed E-state index contributed by atoms with van der Waals surface area (Å²) >= 11 is 0. The van der Waals surface area contributed by atoms with Crippen LogP contribution in [-0.2, 0) is 0 Å². The van der Waals surface area contributed by atoms with Crippen LogP contribution in [-0.4, -0.2) is 30.2 Å². The van der Waals surface area contributed by atoms with Gasteiger partial charge in [-0.1, -0.05) is 18.3 Å². The quantitative estimate of drug-likeness (QED) is 0.302. The number of nitrogens with zero attached hydrogens (tertiary/aromatic N) is 1. The molecule has 1 aromatic heterocycles. The molecule has 1 aliphatic carbocycles. The van der Waals surface area contributed by atoms with Gasteiger partial charge in [0.25, 0.3) is 11.8 Å². The number of amides is 2. The van der Waals surface area contributed by atoms with E-state index in [1.807, 2.05) is 0 Å². The largest absolute Gasteiger partial charge is 0.573 e. The molecule has 2 amide bonds. The molecule has 2 aromatic carbocycles. The smallest absolute Gasteiger partial charge is 0.493 e. The highest BCUT2D eigenvalue weighted by Crippen LogP contribution is 2.38. The fourth-order valence-corrected chi connectivity index (χ4v) is 3.50. The van der Waals surface area contributed by atoms with E-state index < -0.39 is 59.6 Å². The number of primary amides is 1. The Kier molecular flexibility index (Phi) is 6.76. The second-order valence-electron chi connectivity index (χ2n) is 8.34. The Hall–Kier alpha value is -4.79. The summed E-state index contributed by atoms with van der Waals surface area (Å²) in [5.41, 5.74) is 4.50. The SMILES string of the molecule is [2H]C([2H])([2H])Oc1cc(OC(F)(F)F)ccc1Oc1cc(C#CC2CCC2)cc(F)c1C(=O)Nc1ccnc(C(N)=O)c1. The normalized spacial score (nSPS) is 14.4. The molecule has 39 heavy (non-hydrogen) atoms. The molecular formula is C27H21F4N3O5. The van der Waals surface area contributed by atoms with Gasteiger partial charge in [0, 0.05) is 29.4 Å². The van der Waals surface area contributed by atoms with Gasteiger partial charge in [-0.25, -0.2) is 4.39 Å². The maximum atomic E-state index is 15.5. The van der Waals surface area contributed by atoms with Crippen LogP contribution in [0.5, 0.6) is 23.0 Å². The summed E-state index contributed by atoms with van der Waals surface area (Å²) in [7, 11) is -3.13. The number of methoxy groups -OCH3 is 1. The van der Waals surface area contributed by atoms with Crippen molar-refractivity contribution in [2.75, 3.05) is 12.4 Å². The molecule has 0 bridgehead atoms. The lowest BCUT2D eigenvalue weighted by atomic mass is 9.86. The number of ether oxygens (including phenoxy) is 3. The highest BCUT2D eigenvalue weighted by Gasteiger charge is 2.31. The summed E-state index contributed by atoms with van der Waals surface area (Å²) in [4.78, 5) is 28.4. The summed E-state index contributed by atoms with van der Waals surface area (Å²) in [6, 6.07) is 7.00.